The van der Waals surface area contributed by atoms with Crippen LogP contribution in [0.4, 0.5) is 0 Å². The van der Waals surface area contributed by atoms with Crippen LogP contribution in [0.2, 0.25) is 0 Å². The van der Waals surface area contributed by atoms with Crippen molar-refractivity contribution in [2.24, 2.45) is 0 Å². The van der Waals surface area contributed by atoms with Gasteiger partial charge in [0, 0.05) is 0 Å². The number of nitrogens with zero attached hydrogens (tertiary/aromatic N) is 1. The predicted octanol–water partition coefficient (Wildman–Crippen LogP) is 1.88. The zero-order valence-electron chi connectivity index (χ0n) is 6.76. The maximum absolute atomic E-state index is 3.82. The van der Waals surface area contributed by atoms with E-state index in [0.29, 0.717) is 0 Å². The molecule has 0 saturated carbocycles. The molecule has 1 rings (SSSR count). The van der Waals surface area contributed by atoms with E-state index in [1.807, 2.05) is 0 Å². The molecule has 0 N–H and O–H groups in total. The van der Waals surface area contributed by atoms with Crippen molar-refractivity contribution in [2.75, 3.05) is 13.1 Å². The first-order valence-corrected chi connectivity index (χ1v) is 3.00. The molecule has 0 unspecified atom stereocenters. The normalized spacial score (nSPS) is 18.4. The van der Waals surface area contributed by atoms with Crippen LogP contribution in [0.5, 0.6) is 0 Å². The molecule has 0 fully saturated rings. The standard InChI is InChI=1S/C7H12N.CH3.W/c1-7-3-5-8(2)6-4-7;;/h3H,2,4-6H2,1H3;1H3;/q2*-1;+2. The van der Waals surface area contributed by atoms with Crippen molar-refractivity contribution < 1.29 is 21.1 Å². The summed E-state index contributed by atoms with van der Waals surface area (Å²) in [7, 11) is 3.82. The summed E-state index contributed by atoms with van der Waals surface area (Å²) in [5.74, 6) is 0. The quantitative estimate of drug-likeness (QED) is 0.488. The molecule has 0 aliphatic carbocycles. The molecule has 1 heterocycles. The Morgan fingerprint density at radius 3 is 2.50 bits per heavy atom. The Hall–Kier alpha value is 0.388. The van der Waals surface area contributed by atoms with E-state index in [2.05, 4.69) is 24.9 Å². The molecule has 0 saturated heterocycles. The topological polar surface area (TPSA) is 3.24 Å². The summed E-state index contributed by atoms with van der Waals surface area (Å²) in [6, 6.07) is 0. The van der Waals surface area contributed by atoms with Gasteiger partial charge in [0.15, 0.2) is 0 Å². The first-order chi connectivity index (χ1) is 3.79. The summed E-state index contributed by atoms with van der Waals surface area (Å²) >= 11 is 0. The summed E-state index contributed by atoms with van der Waals surface area (Å²) in [6.07, 6.45) is 3.43. The number of rotatable bonds is 0. The third-order valence-electron chi connectivity index (χ3n) is 1.52. The van der Waals surface area contributed by atoms with E-state index < -0.39 is 0 Å². The van der Waals surface area contributed by atoms with Gasteiger partial charge in [-0.15, -0.1) is 0 Å². The molecule has 0 bridgehead atoms. The molecule has 0 atom stereocenters. The summed E-state index contributed by atoms with van der Waals surface area (Å²) in [4.78, 5) is 2.08. The van der Waals surface area contributed by atoms with Crippen LogP contribution < -0.4 is 0 Å². The minimum atomic E-state index is 0. The van der Waals surface area contributed by atoms with Crippen molar-refractivity contribution >= 4 is 0 Å². The maximum atomic E-state index is 3.82. The van der Waals surface area contributed by atoms with Crippen molar-refractivity contribution in [1.82, 2.24) is 4.90 Å². The molecule has 0 spiro atoms. The van der Waals surface area contributed by atoms with Crippen molar-refractivity contribution in [3.05, 3.63) is 26.1 Å². The molecule has 10 heavy (non-hydrogen) atoms. The van der Waals surface area contributed by atoms with E-state index in [9.17, 15) is 0 Å². The molecule has 0 aromatic rings. The Morgan fingerprint density at radius 2 is 2.20 bits per heavy atom. The van der Waals surface area contributed by atoms with Gasteiger partial charge < -0.3 is 12.3 Å². The van der Waals surface area contributed by atoms with E-state index in [-0.39, 0.29) is 28.5 Å². The molecule has 1 aliphatic heterocycles. The third-order valence-corrected chi connectivity index (χ3v) is 1.52. The molecule has 0 amide bonds. The Morgan fingerprint density at radius 1 is 1.60 bits per heavy atom. The fourth-order valence-electron chi connectivity index (χ4n) is 0.813. The van der Waals surface area contributed by atoms with Crippen LogP contribution in [0.1, 0.15) is 13.3 Å². The van der Waals surface area contributed by atoms with Gasteiger partial charge in [-0.1, -0.05) is 11.6 Å². The van der Waals surface area contributed by atoms with Crippen LogP contribution in [0, 0.1) is 14.5 Å². The van der Waals surface area contributed by atoms with Gasteiger partial charge in [0.05, 0.1) is 0 Å². The van der Waals surface area contributed by atoms with Gasteiger partial charge in [-0.05, 0) is 26.4 Å². The van der Waals surface area contributed by atoms with Crippen LogP contribution in [-0.4, -0.2) is 18.0 Å². The van der Waals surface area contributed by atoms with Crippen molar-refractivity contribution in [1.29, 1.82) is 0 Å². The van der Waals surface area contributed by atoms with E-state index in [1.54, 1.807) is 0 Å². The average molecular weight is 309 g/mol. The Labute approximate surface area is 78.8 Å². The van der Waals surface area contributed by atoms with Gasteiger partial charge >= 0.3 is 21.1 Å². The van der Waals surface area contributed by atoms with Crippen LogP contribution >= 0.6 is 0 Å². The van der Waals surface area contributed by atoms with Crippen LogP contribution in [0.25, 0.3) is 0 Å². The maximum Gasteiger partial charge on any atom is 2.00 e. The van der Waals surface area contributed by atoms with Crippen molar-refractivity contribution in [3.63, 3.8) is 0 Å². The Kier molecular flexibility index (Phi) is 7.97. The Bertz CT molecular complexity index is 110. The minimum absolute atomic E-state index is 0. The summed E-state index contributed by atoms with van der Waals surface area (Å²) < 4.78 is 0. The zero-order chi connectivity index (χ0) is 5.98. The monoisotopic (exact) mass is 309 g/mol. The second-order valence-electron chi connectivity index (χ2n) is 2.38. The van der Waals surface area contributed by atoms with E-state index in [0.717, 1.165) is 13.1 Å². The van der Waals surface area contributed by atoms with Gasteiger partial charge in [-0.2, -0.15) is 0 Å². The summed E-state index contributed by atoms with van der Waals surface area (Å²) in [6.45, 7) is 4.33. The van der Waals surface area contributed by atoms with Gasteiger partial charge in [0.25, 0.3) is 0 Å². The van der Waals surface area contributed by atoms with Gasteiger partial charge in [0.1, 0.15) is 0 Å². The van der Waals surface area contributed by atoms with Gasteiger partial charge in [-0.3, -0.25) is 7.05 Å². The second-order valence-corrected chi connectivity index (χ2v) is 2.38. The fraction of sp³-hybridized carbons (Fsp3) is 0.500. The van der Waals surface area contributed by atoms with Gasteiger partial charge in [0.2, 0.25) is 0 Å². The van der Waals surface area contributed by atoms with Crippen molar-refractivity contribution in [2.45, 2.75) is 13.3 Å². The molecule has 1 nitrogen and oxygen atoms in total. The van der Waals surface area contributed by atoms with Crippen LogP contribution in [0.15, 0.2) is 11.6 Å². The molecule has 0 radical (unpaired) electrons. The largest absolute Gasteiger partial charge is 2.00 e. The number of hydrogen-bond donors (Lipinski definition) is 0. The smallest absolute Gasteiger partial charge is 0.456 e. The molecule has 0 aromatic carbocycles. The number of hydrogen-bond acceptors (Lipinski definition) is 1. The predicted molar refractivity (Wildman–Crippen MR) is 41.7 cm³/mol. The van der Waals surface area contributed by atoms with E-state index in [1.165, 1.54) is 12.0 Å². The minimum Gasteiger partial charge on any atom is -0.456 e. The van der Waals surface area contributed by atoms with Crippen molar-refractivity contribution in [3.8, 4) is 0 Å². The van der Waals surface area contributed by atoms with Crippen LogP contribution in [-0.2, 0) is 21.1 Å². The third kappa shape index (κ3) is 4.24. The molecule has 2 heteroatoms. The molecular weight excluding hydrogens is 294 g/mol. The van der Waals surface area contributed by atoms with Gasteiger partial charge in [-0.25, -0.2) is 0 Å². The molecule has 1 aliphatic rings. The first-order valence-electron chi connectivity index (χ1n) is 3.00. The van der Waals surface area contributed by atoms with Crippen LogP contribution in [0.3, 0.4) is 0 Å². The molecule has 58 valence electrons. The molecular formula is C8H15NW. The zero-order valence-corrected chi connectivity index (χ0v) is 9.69. The SMILES string of the molecule is [CH2-]N1CC=C(C)CC1.[CH3-].[W+2]. The molecule has 0 aromatic heterocycles. The van der Waals surface area contributed by atoms with E-state index >= 15 is 0 Å². The fourth-order valence-corrected chi connectivity index (χ4v) is 0.813. The summed E-state index contributed by atoms with van der Waals surface area (Å²) in [5.41, 5.74) is 1.50. The summed E-state index contributed by atoms with van der Waals surface area (Å²) in [5, 5.41) is 0. The average Bonchev–Trinajstić information content (AvgIpc) is 1.77. The van der Waals surface area contributed by atoms with E-state index in [4.69, 9.17) is 0 Å². The first kappa shape index (κ1) is 13.0. The Balaban J connectivity index is 0. The second kappa shape index (κ2) is 6.12.